The first kappa shape index (κ1) is 13.2. The van der Waals surface area contributed by atoms with Gasteiger partial charge in [-0.15, -0.1) is 11.3 Å². The van der Waals surface area contributed by atoms with Crippen molar-refractivity contribution in [1.82, 2.24) is 5.32 Å². The summed E-state index contributed by atoms with van der Waals surface area (Å²) < 4.78 is 13.3. The maximum absolute atomic E-state index is 13.3. The summed E-state index contributed by atoms with van der Waals surface area (Å²) in [6.45, 7) is 1.81. The molecule has 0 amide bonds. The predicted molar refractivity (Wildman–Crippen MR) is 75.6 cm³/mol. The van der Waals surface area contributed by atoms with E-state index in [2.05, 4.69) is 22.8 Å². The van der Waals surface area contributed by atoms with Crippen LogP contribution in [0.1, 0.15) is 28.5 Å². The van der Waals surface area contributed by atoms with Crippen molar-refractivity contribution in [3.63, 3.8) is 0 Å². The number of aryl methyl sites for hydroxylation is 2. The fourth-order valence-electron chi connectivity index (χ4n) is 2.10. The summed E-state index contributed by atoms with van der Waals surface area (Å²) in [5.41, 5.74) is 1.87. The first-order chi connectivity index (χ1) is 8.70. The molecule has 1 heterocycles. The minimum Gasteiger partial charge on any atom is -0.313 e. The third-order valence-corrected chi connectivity index (χ3v) is 4.13. The smallest absolute Gasteiger partial charge is 0.126 e. The Kier molecular flexibility index (Phi) is 4.50. The van der Waals surface area contributed by atoms with Gasteiger partial charge in [-0.1, -0.05) is 18.2 Å². The molecule has 1 aromatic heterocycles. The molecule has 18 heavy (non-hydrogen) atoms. The standard InChI is InChI=1S/C15H18FNS/c1-11-10-12(5-7-14(11)16)15(17-2)8-6-13-4-3-9-18-13/h3-5,7,9-10,15,17H,6,8H2,1-2H3. The van der Waals surface area contributed by atoms with Crippen LogP contribution in [0, 0.1) is 12.7 Å². The quantitative estimate of drug-likeness (QED) is 0.856. The van der Waals surface area contributed by atoms with Crippen molar-refractivity contribution in [1.29, 1.82) is 0 Å². The van der Waals surface area contributed by atoms with Gasteiger partial charge in [0.2, 0.25) is 0 Å². The van der Waals surface area contributed by atoms with E-state index in [1.165, 1.54) is 4.88 Å². The molecule has 96 valence electrons. The minimum atomic E-state index is -0.133. The third kappa shape index (κ3) is 3.18. The Morgan fingerprint density at radius 2 is 2.17 bits per heavy atom. The highest BCUT2D eigenvalue weighted by atomic mass is 32.1. The van der Waals surface area contributed by atoms with Crippen molar-refractivity contribution in [2.24, 2.45) is 0 Å². The molecule has 2 rings (SSSR count). The van der Waals surface area contributed by atoms with Gasteiger partial charge in [0, 0.05) is 10.9 Å². The van der Waals surface area contributed by atoms with Crippen molar-refractivity contribution >= 4 is 11.3 Å². The lowest BCUT2D eigenvalue weighted by molar-refractivity contribution is 0.547. The summed E-state index contributed by atoms with van der Waals surface area (Å²) >= 11 is 1.79. The molecule has 2 aromatic rings. The lowest BCUT2D eigenvalue weighted by Gasteiger charge is -2.17. The van der Waals surface area contributed by atoms with Gasteiger partial charge < -0.3 is 5.32 Å². The molecule has 3 heteroatoms. The lowest BCUT2D eigenvalue weighted by Crippen LogP contribution is -2.17. The van der Waals surface area contributed by atoms with Crippen LogP contribution in [0.25, 0.3) is 0 Å². The van der Waals surface area contributed by atoms with Crippen LogP contribution in [0.4, 0.5) is 4.39 Å². The van der Waals surface area contributed by atoms with Gasteiger partial charge in [-0.25, -0.2) is 4.39 Å². The molecule has 1 aromatic carbocycles. The summed E-state index contributed by atoms with van der Waals surface area (Å²) in [6, 6.07) is 9.89. The van der Waals surface area contributed by atoms with Gasteiger partial charge in [-0.05, 0) is 55.5 Å². The van der Waals surface area contributed by atoms with Crippen LogP contribution < -0.4 is 5.32 Å². The number of benzene rings is 1. The average molecular weight is 263 g/mol. The van der Waals surface area contributed by atoms with E-state index < -0.39 is 0 Å². The first-order valence-electron chi connectivity index (χ1n) is 6.16. The molecule has 0 saturated heterocycles. The second-order valence-corrected chi connectivity index (χ2v) is 5.50. The van der Waals surface area contributed by atoms with E-state index in [0.29, 0.717) is 5.56 Å². The molecule has 0 aliphatic rings. The Hall–Kier alpha value is -1.19. The Morgan fingerprint density at radius 3 is 2.78 bits per heavy atom. The Bertz CT molecular complexity index is 493. The summed E-state index contributed by atoms with van der Waals surface area (Å²) in [5.74, 6) is -0.133. The van der Waals surface area contributed by atoms with Gasteiger partial charge >= 0.3 is 0 Å². The largest absolute Gasteiger partial charge is 0.313 e. The van der Waals surface area contributed by atoms with E-state index in [4.69, 9.17) is 0 Å². The van der Waals surface area contributed by atoms with Gasteiger partial charge in [0.05, 0.1) is 0 Å². The highest BCUT2D eigenvalue weighted by Crippen LogP contribution is 2.22. The van der Waals surface area contributed by atoms with Crippen molar-refractivity contribution in [2.45, 2.75) is 25.8 Å². The van der Waals surface area contributed by atoms with Crippen LogP contribution in [-0.2, 0) is 6.42 Å². The van der Waals surface area contributed by atoms with E-state index in [9.17, 15) is 4.39 Å². The van der Waals surface area contributed by atoms with Crippen molar-refractivity contribution in [3.05, 3.63) is 57.5 Å². The van der Waals surface area contributed by atoms with E-state index in [1.807, 2.05) is 26.1 Å². The average Bonchev–Trinajstić information content (AvgIpc) is 2.87. The van der Waals surface area contributed by atoms with Gasteiger partial charge in [0.25, 0.3) is 0 Å². The summed E-state index contributed by atoms with van der Waals surface area (Å²) in [6.07, 6.45) is 2.09. The van der Waals surface area contributed by atoms with Gasteiger partial charge in [0.15, 0.2) is 0 Å². The molecular formula is C15H18FNS. The first-order valence-corrected chi connectivity index (χ1v) is 7.04. The SMILES string of the molecule is CNC(CCc1cccs1)c1ccc(F)c(C)c1. The summed E-state index contributed by atoms with van der Waals surface area (Å²) in [7, 11) is 1.96. The third-order valence-electron chi connectivity index (χ3n) is 3.19. The fourth-order valence-corrected chi connectivity index (χ4v) is 2.83. The van der Waals surface area contributed by atoms with E-state index in [0.717, 1.165) is 18.4 Å². The van der Waals surface area contributed by atoms with Crippen molar-refractivity contribution < 1.29 is 4.39 Å². The normalized spacial score (nSPS) is 12.6. The maximum Gasteiger partial charge on any atom is 0.126 e. The minimum absolute atomic E-state index is 0.133. The van der Waals surface area contributed by atoms with E-state index in [-0.39, 0.29) is 11.9 Å². The number of halogens is 1. The Morgan fingerprint density at radius 1 is 1.33 bits per heavy atom. The van der Waals surface area contributed by atoms with Crippen molar-refractivity contribution in [2.75, 3.05) is 7.05 Å². The molecule has 1 nitrogen and oxygen atoms in total. The molecular weight excluding hydrogens is 245 g/mol. The van der Waals surface area contributed by atoms with Crippen LogP contribution in [0.2, 0.25) is 0 Å². The molecule has 1 N–H and O–H groups in total. The molecule has 0 saturated carbocycles. The summed E-state index contributed by atoms with van der Waals surface area (Å²) in [5, 5.41) is 5.41. The van der Waals surface area contributed by atoms with Gasteiger partial charge in [-0.3, -0.25) is 0 Å². The molecule has 0 bridgehead atoms. The number of hydrogen-bond donors (Lipinski definition) is 1. The van der Waals surface area contributed by atoms with Crippen LogP contribution >= 0.6 is 11.3 Å². The zero-order valence-corrected chi connectivity index (χ0v) is 11.6. The number of hydrogen-bond acceptors (Lipinski definition) is 2. The molecule has 0 aliphatic heterocycles. The molecule has 1 unspecified atom stereocenters. The molecule has 0 aliphatic carbocycles. The van der Waals surface area contributed by atoms with E-state index >= 15 is 0 Å². The summed E-state index contributed by atoms with van der Waals surface area (Å²) in [4.78, 5) is 1.40. The second kappa shape index (κ2) is 6.12. The molecule has 0 fully saturated rings. The second-order valence-electron chi connectivity index (χ2n) is 4.47. The molecule has 1 atom stereocenters. The number of rotatable bonds is 5. The highest BCUT2D eigenvalue weighted by molar-refractivity contribution is 7.09. The highest BCUT2D eigenvalue weighted by Gasteiger charge is 2.11. The zero-order chi connectivity index (χ0) is 13.0. The zero-order valence-electron chi connectivity index (χ0n) is 10.7. The monoisotopic (exact) mass is 263 g/mol. The Balaban J connectivity index is 2.05. The molecule has 0 spiro atoms. The van der Waals surface area contributed by atoms with Crippen LogP contribution in [-0.4, -0.2) is 7.05 Å². The Labute approximate surface area is 112 Å². The van der Waals surface area contributed by atoms with Crippen molar-refractivity contribution in [3.8, 4) is 0 Å². The topological polar surface area (TPSA) is 12.0 Å². The maximum atomic E-state index is 13.3. The fraction of sp³-hybridized carbons (Fsp3) is 0.333. The number of thiophene rings is 1. The van der Waals surface area contributed by atoms with Crippen LogP contribution in [0.3, 0.4) is 0 Å². The van der Waals surface area contributed by atoms with Crippen LogP contribution in [0.15, 0.2) is 35.7 Å². The lowest BCUT2D eigenvalue weighted by atomic mass is 10.00. The van der Waals surface area contributed by atoms with Crippen LogP contribution in [0.5, 0.6) is 0 Å². The van der Waals surface area contributed by atoms with E-state index in [1.54, 1.807) is 17.4 Å². The predicted octanol–water partition coefficient (Wildman–Crippen LogP) is 4.09. The van der Waals surface area contributed by atoms with Gasteiger partial charge in [-0.2, -0.15) is 0 Å². The number of nitrogens with one attached hydrogen (secondary N) is 1. The molecule has 0 radical (unpaired) electrons. The van der Waals surface area contributed by atoms with Gasteiger partial charge in [0.1, 0.15) is 5.82 Å².